The molecule has 2 bridgehead atoms. The van der Waals surface area contributed by atoms with Gasteiger partial charge < -0.3 is 40.0 Å². The third-order valence-electron chi connectivity index (χ3n) is 7.25. The van der Waals surface area contributed by atoms with Gasteiger partial charge in [0.1, 0.15) is 48.1 Å². The molecule has 21 nitrogen and oxygen atoms in total. The zero-order chi connectivity index (χ0) is 31.0. The van der Waals surface area contributed by atoms with Gasteiger partial charge in [-0.2, -0.15) is 13.1 Å². The first-order chi connectivity index (χ1) is 20.9. The molecule has 3 unspecified atom stereocenters. The molecular weight excluding hydrogens is 636 g/mol. The number of aromatic nitrogens is 8. The third-order valence-corrected chi connectivity index (χ3v) is 9.21. The number of nitrogens with zero attached hydrogens (tertiary/aromatic N) is 8. The number of ether oxygens (including phenoxy) is 2. The van der Waals surface area contributed by atoms with Crippen LogP contribution >= 0.6 is 7.82 Å². The summed E-state index contributed by atoms with van der Waals surface area (Å²) in [4.78, 5) is 36.8. The Morgan fingerprint density at radius 2 is 1.55 bits per heavy atom. The molecule has 7 rings (SSSR count). The fourth-order valence-electron chi connectivity index (χ4n) is 5.21. The summed E-state index contributed by atoms with van der Waals surface area (Å²) in [5, 5.41) is 11.0. The Morgan fingerprint density at radius 1 is 0.955 bits per heavy atom. The van der Waals surface area contributed by atoms with E-state index in [1.54, 1.807) is 0 Å². The van der Waals surface area contributed by atoms with E-state index < -0.39 is 80.4 Å². The molecule has 0 spiro atoms. The van der Waals surface area contributed by atoms with Gasteiger partial charge in [-0.05, 0) is 0 Å². The average molecular weight is 659 g/mol. The number of imidazole rings is 2. The zero-order valence-electron chi connectivity index (χ0n) is 21.9. The molecule has 6 N–H and O–H groups in total. The highest BCUT2D eigenvalue weighted by Gasteiger charge is 2.52. The van der Waals surface area contributed by atoms with Gasteiger partial charge in [0.05, 0.1) is 19.3 Å². The fraction of sp³-hybridized carbons (Fsp3) is 0.500. The van der Waals surface area contributed by atoms with Crippen LogP contribution in [0.5, 0.6) is 0 Å². The summed E-state index contributed by atoms with van der Waals surface area (Å²) in [6, 6.07) is 0. The molecule has 9 atom stereocenters. The highest BCUT2D eigenvalue weighted by Crippen LogP contribution is 2.47. The Balaban J connectivity index is 1.20. The summed E-state index contributed by atoms with van der Waals surface area (Å²) in [5.41, 5.74) is 12.1. The number of halogens is 1. The van der Waals surface area contributed by atoms with Gasteiger partial charge in [0.2, 0.25) is 0 Å². The molecule has 0 aliphatic carbocycles. The lowest BCUT2D eigenvalue weighted by Gasteiger charge is -2.30. The summed E-state index contributed by atoms with van der Waals surface area (Å²) in [5.74, 6) is 0.0148. The summed E-state index contributed by atoms with van der Waals surface area (Å²) < 4.78 is 86.2. The van der Waals surface area contributed by atoms with E-state index >= 15 is 4.39 Å². The fourth-order valence-corrected chi connectivity index (χ4v) is 7.09. The first-order valence-electron chi connectivity index (χ1n) is 12.7. The second-order valence-corrected chi connectivity index (χ2v) is 12.7. The highest BCUT2D eigenvalue weighted by molar-refractivity contribution is 7.84. The van der Waals surface area contributed by atoms with Crippen LogP contribution in [0.25, 0.3) is 22.3 Å². The monoisotopic (exact) mass is 658 g/mol. The van der Waals surface area contributed by atoms with Crippen LogP contribution in [0.4, 0.5) is 16.0 Å². The number of fused-ring (bicyclic) bond motifs is 5. The quantitative estimate of drug-likeness (QED) is 0.161. The molecule has 7 heterocycles. The number of phosphoric ester groups is 1. The first-order valence-corrected chi connectivity index (χ1v) is 15.6. The molecule has 3 saturated heterocycles. The van der Waals surface area contributed by atoms with E-state index in [0.29, 0.717) is 0 Å². The number of anilines is 2. The van der Waals surface area contributed by atoms with Gasteiger partial charge in [-0.15, -0.1) is 0 Å². The maximum atomic E-state index is 15.8. The van der Waals surface area contributed by atoms with Crippen molar-refractivity contribution in [2.75, 3.05) is 24.6 Å². The van der Waals surface area contributed by atoms with E-state index in [4.69, 9.17) is 34.2 Å². The van der Waals surface area contributed by atoms with Crippen LogP contribution in [-0.2, 0) is 37.6 Å². The van der Waals surface area contributed by atoms with Crippen molar-refractivity contribution >= 4 is 52.1 Å². The van der Waals surface area contributed by atoms with Crippen LogP contribution < -0.4 is 21.1 Å². The van der Waals surface area contributed by atoms with Gasteiger partial charge in [-0.25, -0.2) is 38.5 Å². The van der Waals surface area contributed by atoms with E-state index in [9.17, 15) is 23.0 Å². The van der Waals surface area contributed by atoms with Gasteiger partial charge in [0.15, 0.2) is 47.7 Å². The summed E-state index contributed by atoms with van der Waals surface area (Å²) in [7, 11) is -10.1. The van der Waals surface area contributed by atoms with Gasteiger partial charge >= 0.3 is 10.3 Å². The van der Waals surface area contributed by atoms with E-state index in [2.05, 4.69) is 34.6 Å². The lowest BCUT2D eigenvalue weighted by Crippen LogP contribution is -2.43. The predicted octanol–water partition coefficient (Wildman–Crippen LogP) is -2.57. The molecule has 0 aromatic carbocycles. The highest BCUT2D eigenvalue weighted by atomic mass is 32.2. The standard InChI is InChI=1S/C20H23FN11O10PS/c21-9-13-7(39-19(9)31-5-28-10-15(22)24-3-26-17(10)31)1-30-44(36,37)42-14-12(33)8(2-38-43(34,35)41-13)40-20(14)32-6-29-11-16(23)25-4-27-18(11)32/h3-9,12-14,19-20,30,33H,1-2H2,(H,34,35)(H2,22,24,26)(H2,23,25,27)/p-1/t7-,8-,9-,12-,13-,14-,19?,20?/m1/s1. The van der Waals surface area contributed by atoms with Crippen LogP contribution in [0, 0.1) is 0 Å². The average Bonchev–Trinajstić information content (AvgIpc) is 3.73. The lowest BCUT2D eigenvalue weighted by molar-refractivity contribution is -0.235. The predicted molar refractivity (Wildman–Crippen MR) is 138 cm³/mol. The zero-order valence-corrected chi connectivity index (χ0v) is 23.6. The molecule has 3 aliphatic heterocycles. The molecule has 0 saturated carbocycles. The third kappa shape index (κ3) is 4.95. The minimum absolute atomic E-state index is 0.000256. The van der Waals surface area contributed by atoms with Crippen LogP contribution in [0.15, 0.2) is 25.3 Å². The Morgan fingerprint density at radius 3 is 2.18 bits per heavy atom. The summed E-state index contributed by atoms with van der Waals surface area (Å²) in [6.45, 7) is -1.60. The number of nitrogens with two attached hydrogens (primary N) is 2. The van der Waals surface area contributed by atoms with E-state index in [0.717, 1.165) is 23.5 Å². The maximum absolute atomic E-state index is 15.8. The van der Waals surface area contributed by atoms with Crippen molar-refractivity contribution in [1.29, 1.82) is 0 Å². The van der Waals surface area contributed by atoms with Crippen molar-refractivity contribution in [2.45, 2.75) is 49.1 Å². The van der Waals surface area contributed by atoms with Gasteiger partial charge in [-0.3, -0.25) is 13.7 Å². The van der Waals surface area contributed by atoms with Crippen LogP contribution in [0.1, 0.15) is 12.5 Å². The van der Waals surface area contributed by atoms with E-state index in [1.807, 2.05) is 0 Å². The molecule has 0 radical (unpaired) electrons. The van der Waals surface area contributed by atoms with E-state index in [-0.39, 0.29) is 34.0 Å². The number of rotatable bonds is 2. The Kier molecular flexibility index (Phi) is 7.00. The Hall–Kier alpha value is -3.51. The second kappa shape index (κ2) is 10.5. The van der Waals surface area contributed by atoms with E-state index in [1.165, 1.54) is 10.9 Å². The topological polar surface area (TPSA) is 292 Å². The number of nitrogen functional groups attached to an aromatic ring is 2. The summed E-state index contributed by atoms with van der Waals surface area (Å²) >= 11 is 0. The molecule has 236 valence electrons. The van der Waals surface area contributed by atoms with Crippen LogP contribution in [-0.4, -0.2) is 102 Å². The number of phosphoric acid groups is 1. The second-order valence-electron chi connectivity index (χ2n) is 9.91. The largest absolute Gasteiger partial charge is 0.756 e. The van der Waals surface area contributed by atoms with Crippen molar-refractivity contribution < 1.29 is 50.1 Å². The number of aliphatic hydroxyl groups is 1. The van der Waals surface area contributed by atoms with Crippen molar-refractivity contribution in [3.05, 3.63) is 25.3 Å². The maximum Gasteiger partial charge on any atom is 0.336 e. The first kappa shape index (κ1) is 29.2. The minimum atomic E-state index is -5.34. The molecular formula is C20H22FN11O10PS-. The van der Waals surface area contributed by atoms with Gasteiger partial charge in [-0.1, -0.05) is 0 Å². The van der Waals surface area contributed by atoms with Gasteiger partial charge in [0, 0.05) is 6.54 Å². The molecule has 4 aromatic rings. The minimum Gasteiger partial charge on any atom is -0.756 e. The van der Waals surface area contributed by atoms with Crippen molar-refractivity contribution in [2.24, 2.45) is 0 Å². The Labute approximate surface area is 245 Å². The van der Waals surface area contributed by atoms with Crippen molar-refractivity contribution in [3.8, 4) is 0 Å². The van der Waals surface area contributed by atoms with Crippen molar-refractivity contribution in [1.82, 2.24) is 43.8 Å². The molecule has 44 heavy (non-hydrogen) atoms. The SMILES string of the molecule is Nc1ncnc2c1ncn2C1O[C@@H]2CNS(=O)(=O)O[C@H]3C(n4cnc5c(N)ncnc54)O[C@H](COP(=O)([O-])O[C@H]2[C@H]1F)[C@H]3O. The summed E-state index contributed by atoms with van der Waals surface area (Å²) in [6.07, 6.45) is -8.94. The van der Waals surface area contributed by atoms with Crippen molar-refractivity contribution in [3.63, 3.8) is 0 Å². The molecule has 3 fully saturated rings. The number of hydrogen-bond acceptors (Lipinski definition) is 18. The molecule has 24 heteroatoms. The Bertz CT molecular complexity index is 1900. The molecule has 0 amide bonds. The number of nitrogens with one attached hydrogen (secondary N) is 1. The smallest absolute Gasteiger partial charge is 0.336 e. The van der Waals surface area contributed by atoms with Crippen LogP contribution in [0.3, 0.4) is 0 Å². The molecule has 4 aromatic heterocycles. The van der Waals surface area contributed by atoms with Crippen LogP contribution in [0.2, 0.25) is 0 Å². The number of alkyl halides is 1. The number of hydrogen-bond donors (Lipinski definition) is 4. The lowest BCUT2D eigenvalue weighted by atomic mass is 10.1. The normalized spacial score (nSPS) is 36.1. The number of aliphatic hydroxyl groups excluding tert-OH is 1. The van der Waals surface area contributed by atoms with Gasteiger partial charge in [0.25, 0.3) is 7.82 Å². The molecule has 3 aliphatic rings.